The van der Waals surface area contributed by atoms with Crippen LogP contribution in [-0.4, -0.2) is 170 Å². The summed E-state index contributed by atoms with van der Waals surface area (Å²) in [7, 11) is 0. The summed E-state index contributed by atoms with van der Waals surface area (Å²) >= 11 is 0. The second kappa shape index (κ2) is 29.1. The lowest BCUT2D eigenvalue weighted by atomic mass is 9.96. The first kappa shape index (κ1) is 61.6. The van der Waals surface area contributed by atoms with Gasteiger partial charge >= 0.3 is 23.9 Å². The third-order valence-corrected chi connectivity index (χ3v) is 11.0. The van der Waals surface area contributed by atoms with Crippen LogP contribution in [0.15, 0.2) is 42.5 Å². The maximum absolute atomic E-state index is 13.7. The number of rotatable bonds is 30. The van der Waals surface area contributed by atoms with Crippen LogP contribution in [0.1, 0.15) is 101 Å². The number of nitrogens with one attached hydrogen (secondary N) is 8. The average Bonchev–Trinajstić information content (AvgIpc) is 3.33. The zero-order valence-corrected chi connectivity index (χ0v) is 40.8. The number of carboxylic acids is 4. The minimum Gasteiger partial charge on any atom is -0.480 e. The maximum Gasteiger partial charge on any atom is 0.336 e. The predicted molar refractivity (Wildman–Crippen MR) is 254 cm³/mol. The van der Waals surface area contributed by atoms with Gasteiger partial charge in [-0.25, -0.2) is 19.2 Å². The number of benzene rings is 2. The van der Waals surface area contributed by atoms with Gasteiger partial charge in [0.1, 0.15) is 42.3 Å². The van der Waals surface area contributed by atoms with Gasteiger partial charge in [-0.15, -0.1) is 0 Å². The van der Waals surface area contributed by atoms with Gasteiger partial charge < -0.3 is 78.9 Å². The van der Waals surface area contributed by atoms with Crippen LogP contribution in [0.2, 0.25) is 0 Å². The Kier molecular flexibility index (Phi) is 24.2. The lowest BCUT2D eigenvalue weighted by Gasteiger charge is -2.29. The zero-order valence-electron chi connectivity index (χ0n) is 40.8. The van der Waals surface area contributed by atoms with Gasteiger partial charge in [-0.3, -0.25) is 43.2 Å². The summed E-state index contributed by atoms with van der Waals surface area (Å²) in [5, 5.41) is 75.2. The van der Waals surface area contributed by atoms with Gasteiger partial charge in [0, 0.05) is 6.42 Å². The van der Waals surface area contributed by atoms with E-state index in [1.807, 2.05) is 5.32 Å². The van der Waals surface area contributed by atoms with E-state index in [0.717, 1.165) is 0 Å². The Hall–Kier alpha value is -8.53. The van der Waals surface area contributed by atoms with Crippen molar-refractivity contribution in [2.75, 3.05) is 19.8 Å². The number of nitrogens with two attached hydrogens (primary N) is 1. The van der Waals surface area contributed by atoms with Gasteiger partial charge in [0.2, 0.25) is 47.3 Å². The van der Waals surface area contributed by atoms with E-state index in [0.29, 0.717) is 24.1 Å². The van der Waals surface area contributed by atoms with Gasteiger partial charge in [0.15, 0.2) is 0 Å². The highest BCUT2D eigenvalue weighted by Gasteiger charge is 2.35. The molecule has 0 aromatic heterocycles. The molecule has 0 unspecified atom stereocenters. The maximum atomic E-state index is 13.7. The van der Waals surface area contributed by atoms with Gasteiger partial charge in [0.25, 0.3) is 5.91 Å². The van der Waals surface area contributed by atoms with E-state index in [1.54, 1.807) is 58.0 Å². The molecule has 28 heteroatoms. The summed E-state index contributed by atoms with van der Waals surface area (Å²) in [6, 6.07) is -2.18. The summed E-state index contributed by atoms with van der Waals surface area (Å²) < 4.78 is 0. The minimum absolute atomic E-state index is 0.00972. The molecule has 74 heavy (non-hydrogen) atoms. The molecule has 0 aliphatic carbocycles. The number of aliphatic carboxylic acids is 1. The highest BCUT2D eigenvalue weighted by molar-refractivity contribution is 6.11. The summed E-state index contributed by atoms with van der Waals surface area (Å²) in [6.07, 6.45) is -0.924. The first-order valence-electron chi connectivity index (χ1n) is 22.7. The number of aliphatic hydroxyl groups excluding tert-OH is 2. The number of carbonyl (C=O) groups is 13. The van der Waals surface area contributed by atoms with Crippen LogP contribution >= 0.6 is 0 Å². The molecule has 0 radical (unpaired) electrons. The lowest BCUT2D eigenvalue weighted by Crippen LogP contribution is -2.60. The number of carboxylic acid groups (broad SMARTS) is 4. The van der Waals surface area contributed by atoms with E-state index in [9.17, 15) is 87.9 Å². The molecule has 0 aliphatic rings. The summed E-state index contributed by atoms with van der Waals surface area (Å²) in [4.78, 5) is 166. The molecular formula is C46H61N9O19. The summed E-state index contributed by atoms with van der Waals surface area (Å²) in [6.45, 7) is 5.18. The third-order valence-electron chi connectivity index (χ3n) is 11.0. The molecule has 28 nitrogen and oxygen atoms in total. The molecule has 0 spiro atoms. The third kappa shape index (κ3) is 18.9. The van der Waals surface area contributed by atoms with Crippen LogP contribution in [-0.2, 0) is 49.6 Å². The molecule has 0 saturated carbocycles. The smallest absolute Gasteiger partial charge is 0.336 e. The van der Waals surface area contributed by atoms with E-state index in [2.05, 4.69) is 37.2 Å². The van der Waals surface area contributed by atoms with E-state index >= 15 is 0 Å². The van der Waals surface area contributed by atoms with Crippen LogP contribution in [0.5, 0.6) is 0 Å². The average molecular weight is 1040 g/mol. The Bertz CT molecular complexity index is 2450. The monoisotopic (exact) mass is 1040 g/mol. The van der Waals surface area contributed by atoms with E-state index in [-0.39, 0.29) is 18.8 Å². The molecule has 2 rings (SSSR count). The van der Waals surface area contributed by atoms with Crippen molar-refractivity contribution in [3.05, 3.63) is 70.3 Å². The topological polar surface area (TPSA) is 466 Å². The highest BCUT2D eigenvalue weighted by atomic mass is 16.4. The number of primary amides is 1. The van der Waals surface area contributed by atoms with Gasteiger partial charge in [0.05, 0.1) is 48.4 Å². The van der Waals surface area contributed by atoms with Gasteiger partial charge in [-0.05, 0) is 42.9 Å². The van der Waals surface area contributed by atoms with Crippen molar-refractivity contribution >= 4 is 77.0 Å². The molecule has 0 aliphatic heterocycles. The van der Waals surface area contributed by atoms with Crippen molar-refractivity contribution in [3.63, 3.8) is 0 Å². The lowest BCUT2D eigenvalue weighted by molar-refractivity contribution is -0.143. The molecule has 8 atom stereocenters. The first-order valence-corrected chi connectivity index (χ1v) is 22.7. The largest absolute Gasteiger partial charge is 0.480 e. The van der Waals surface area contributed by atoms with Crippen molar-refractivity contribution < 1.29 is 93.0 Å². The Labute approximate surface area is 422 Å². The summed E-state index contributed by atoms with van der Waals surface area (Å²) in [5.41, 5.74) is 1.91. The van der Waals surface area contributed by atoms with Crippen molar-refractivity contribution in [1.29, 1.82) is 0 Å². The van der Waals surface area contributed by atoms with Crippen LogP contribution < -0.4 is 48.3 Å². The van der Waals surface area contributed by atoms with Gasteiger partial charge in [-0.1, -0.05) is 64.4 Å². The Morgan fingerprint density at radius 1 is 0.541 bits per heavy atom. The van der Waals surface area contributed by atoms with Crippen LogP contribution in [0.25, 0.3) is 0 Å². The molecule has 404 valence electrons. The van der Waals surface area contributed by atoms with Crippen LogP contribution in [0, 0.1) is 11.8 Å². The number of carbonyl (C=O) groups excluding carboxylic acids is 9. The fourth-order valence-electron chi connectivity index (χ4n) is 6.81. The number of amides is 9. The molecule has 0 heterocycles. The second-order valence-electron chi connectivity index (χ2n) is 17.2. The van der Waals surface area contributed by atoms with Crippen molar-refractivity contribution in [2.24, 2.45) is 17.6 Å². The number of aliphatic hydroxyl groups is 2. The number of aromatic carboxylic acids is 3. The zero-order chi connectivity index (χ0) is 56.1. The molecule has 9 amide bonds. The minimum atomic E-state index is -1.95. The van der Waals surface area contributed by atoms with Gasteiger partial charge in [-0.2, -0.15) is 0 Å². The molecule has 0 saturated heterocycles. The molecule has 0 bridgehead atoms. The predicted octanol–water partition coefficient (Wildman–Crippen LogP) is -3.80. The van der Waals surface area contributed by atoms with E-state index in [1.165, 1.54) is 6.92 Å². The molecule has 2 aromatic carbocycles. The standard InChI is InChI=1S/C46H61N9O19/c1-6-21(4)35(42(66)52-28(12-20(2)3)39(63)53-31(18-56)41(65)54-32(19-57)46(73)74)55-36(60)22(5)49-34(59)17-48-38(62)29(13-23-10-8-7-9-11-23)51-40(64)30(16-33(47)58)50-37(61)24-14-26(44(69)70)27(45(71)72)15-25(24)43(67)68/h7-11,14-15,20-22,28-32,35,56-57H,6,12-13,16-19H2,1-5H3,(H2,47,58)(H,48,62)(H,49,59)(H,50,61)(H,51,64)(H,52,66)(H,53,63)(H,54,65)(H,55,60)(H,67,68)(H,69,70)(H,71,72)(H,73,74)/t21-,22-,28-,29-,30-,31-,32-,35-/m0/s1. The van der Waals surface area contributed by atoms with E-state index in [4.69, 9.17) is 10.8 Å². The number of hydrogen-bond donors (Lipinski definition) is 15. The van der Waals surface area contributed by atoms with Crippen molar-refractivity contribution in [2.45, 2.75) is 103 Å². The molecule has 0 fully saturated rings. The fraction of sp³-hybridized carbons (Fsp3) is 0.457. The molecular weight excluding hydrogens is 983 g/mol. The second-order valence-corrected chi connectivity index (χ2v) is 17.2. The first-order chi connectivity index (χ1) is 34.6. The fourth-order valence-corrected chi connectivity index (χ4v) is 6.81. The SMILES string of the molecule is CC[C@H](C)[C@H](NC(=O)[C@H](C)NC(=O)CNC(=O)[C@H](Cc1ccccc1)NC(=O)[C@H](CC(N)=O)NC(=O)c1cc(C(=O)O)c(C(=O)O)cc1C(=O)O)C(=O)N[C@@H](CC(C)C)C(=O)N[C@@H](CO)C(=O)N[C@@H](CO)C(=O)O. The Morgan fingerprint density at radius 2 is 1.03 bits per heavy atom. The van der Waals surface area contributed by atoms with Crippen LogP contribution in [0.4, 0.5) is 0 Å². The van der Waals surface area contributed by atoms with Crippen LogP contribution in [0.3, 0.4) is 0 Å². The van der Waals surface area contributed by atoms with Crippen molar-refractivity contribution in [3.8, 4) is 0 Å². The molecule has 2 aromatic rings. The normalized spacial score (nSPS) is 14.1. The Morgan fingerprint density at radius 3 is 1.53 bits per heavy atom. The highest BCUT2D eigenvalue weighted by Crippen LogP contribution is 2.20. The molecule has 16 N–H and O–H groups in total. The summed E-state index contributed by atoms with van der Waals surface area (Å²) in [5.74, 6) is -17.7. The quantitative estimate of drug-likeness (QED) is 0.0357. The van der Waals surface area contributed by atoms with E-state index < -0.39 is 174 Å². The van der Waals surface area contributed by atoms with Crippen molar-refractivity contribution in [1.82, 2.24) is 42.5 Å². The Balaban J connectivity index is 2.27. The number of hydrogen-bond acceptors (Lipinski definition) is 15.